The number of hydrogen-bond acceptors (Lipinski definition) is 9. The number of benzene rings is 2. The minimum atomic E-state index is -0.796. The van der Waals surface area contributed by atoms with E-state index in [-0.39, 0.29) is 41.1 Å². The summed E-state index contributed by atoms with van der Waals surface area (Å²) in [5.74, 6) is -0.484. The van der Waals surface area contributed by atoms with Crippen LogP contribution < -0.4 is 30.3 Å². The van der Waals surface area contributed by atoms with Crippen LogP contribution >= 0.6 is 23.2 Å². The van der Waals surface area contributed by atoms with Gasteiger partial charge in [0.05, 0.1) is 36.6 Å². The van der Waals surface area contributed by atoms with E-state index in [1.165, 1.54) is 25.5 Å². The number of urea groups is 1. The quantitative estimate of drug-likeness (QED) is 0.203. The molecule has 3 rings (SSSR count). The first-order chi connectivity index (χ1) is 19.2. The Balaban J connectivity index is 1.70. The summed E-state index contributed by atoms with van der Waals surface area (Å²) in [5, 5.41) is 18.4. The van der Waals surface area contributed by atoms with Gasteiger partial charge in [-0.2, -0.15) is 10.4 Å². The van der Waals surface area contributed by atoms with Crippen molar-refractivity contribution in [2.75, 3.05) is 26.9 Å². The van der Waals surface area contributed by atoms with Crippen molar-refractivity contribution in [3.63, 3.8) is 0 Å². The molecule has 14 heteroatoms. The third kappa shape index (κ3) is 7.56. The minimum absolute atomic E-state index is 0.168. The summed E-state index contributed by atoms with van der Waals surface area (Å²) in [7, 11) is 1.41. The Hall–Kier alpha value is -4.47. The second kappa shape index (κ2) is 14.1. The molecule has 1 aliphatic rings. The number of rotatable bonds is 11. The van der Waals surface area contributed by atoms with Gasteiger partial charge in [-0.3, -0.25) is 4.79 Å². The van der Waals surface area contributed by atoms with Crippen LogP contribution in [0, 0.1) is 11.3 Å². The molecule has 2 aromatic carbocycles. The first-order valence-electron chi connectivity index (χ1n) is 11.7. The highest BCUT2D eigenvalue weighted by Crippen LogP contribution is 2.35. The van der Waals surface area contributed by atoms with E-state index < -0.39 is 30.6 Å². The topological polar surface area (TPSA) is 160 Å². The molecule has 0 fully saturated rings. The van der Waals surface area contributed by atoms with Crippen LogP contribution in [-0.2, 0) is 14.3 Å². The van der Waals surface area contributed by atoms with Crippen molar-refractivity contribution in [3.05, 3.63) is 62.8 Å². The zero-order valence-electron chi connectivity index (χ0n) is 21.7. The SMILES string of the molecule is CCOC(=O)C1=C(C)NC(=O)N[C@H]1c1ccc(OCC(=O)N/N=C/c2cc(Cl)cc(Cl)c2OCC#N)c(OC)c1. The molecule has 0 spiro atoms. The van der Waals surface area contributed by atoms with Gasteiger partial charge in [0.2, 0.25) is 0 Å². The third-order valence-corrected chi connectivity index (χ3v) is 5.85. The minimum Gasteiger partial charge on any atom is -0.493 e. The van der Waals surface area contributed by atoms with Crippen LogP contribution in [0.3, 0.4) is 0 Å². The molecule has 3 N–H and O–H groups in total. The molecule has 0 aliphatic carbocycles. The zero-order chi connectivity index (χ0) is 29.2. The summed E-state index contributed by atoms with van der Waals surface area (Å²) < 4.78 is 21.4. The molecule has 0 aromatic heterocycles. The lowest BCUT2D eigenvalue weighted by Crippen LogP contribution is -2.45. The Morgan fingerprint density at radius 3 is 2.67 bits per heavy atom. The summed E-state index contributed by atoms with van der Waals surface area (Å²) >= 11 is 12.1. The van der Waals surface area contributed by atoms with Crippen LogP contribution in [0.2, 0.25) is 10.0 Å². The van der Waals surface area contributed by atoms with E-state index in [1.807, 2.05) is 6.07 Å². The summed E-state index contributed by atoms with van der Waals surface area (Å²) in [5.41, 5.74) is 3.81. The molecule has 0 radical (unpaired) electrons. The van der Waals surface area contributed by atoms with Crippen LogP contribution in [0.4, 0.5) is 4.79 Å². The molecular weight excluding hydrogens is 565 g/mol. The number of nitriles is 1. The van der Waals surface area contributed by atoms with Gasteiger partial charge >= 0.3 is 12.0 Å². The summed E-state index contributed by atoms with van der Waals surface area (Å²) in [6.07, 6.45) is 1.27. The molecule has 12 nitrogen and oxygen atoms in total. The first-order valence-corrected chi connectivity index (χ1v) is 12.5. The van der Waals surface area contributed by atoms with Crippen LogP contribution in [0.5, 0.6) is 17.2 Å². The normalized spacial score (nSPS) is 14.6. The van der Waals surface area contributed by atoms with E-state index >= 15 is 0 Å². The Morgan fingerprint density at radius 1 is 1.20 bits per heavy atom. The Kier molecular flexibility index (Phi) is 10.6. The maximum atomic E-state index is 12.6. The Labute approximate surface area is 239 Å². The van der Waals surface area contributed by atoms with Crippen molar-refractivity contribution in [2.45, 2.75) is 19.9 Å². The van der Waals surface area contributed by atoms with Crippen molar-refractivity contribution in [3.8, 4) is 23.3 Å². The highest BCUT2D eigenvalue weighted by Gasteiger charge is 2.32. The lowest BCUT2D eigenvalue weighted by molar-refractivity contribution is -0.139. The number of carbonyl (C=O) groups excluding carboxylic acids is 3. The third-order valence-electron chi connectivity index (χ3n) is 5.36. The molecule has 0 saturated heterocycles. The zero-order valence-corrected chi connectivity index (χ0v) is 23.2. The Morgan fingerprint density at radius 2 is 1.98 bits per heavy atom. The van der Waals surface area contributed by atoms with Gasteiger partial charge < -0.3 is 29.6 Å². The number of ether oxygens (including phenoxy) is 4. The number of hydrazone groups is 1. The van der Waals surface area contributed by atoms with Gasteiger partial charge in [0.25, 0.3) is 5.91 Å². The number of methoxy groups -OCH3 is 1. The van der Waals surface area contributed by atoms with Crippen molar-refractivity contribution in [1.82, 2.24) is 16.1 Å². The number of halogens is 2. The highest BCUT2D eigenvalue weighted by molar-refractivity contribution is 6.36. The number of esters is 1. The van der Waals surface area contributed by atoms with Crippen molar-refractivity contribution in [2.24, 2.45) is 5.10 Å². The second-order valence-electron chi connectivity index (χ2n) is 8.04. The number of nitrogens with one attached hydrogen (secondary N) is 3. The molecule has 2 aromatic rings. The molecule has 0 bridgehead atoms. The molecule has 0 unspecified atom stereocenters. The first kappa shape index (κ1) is 30.1. The van der Waals surface area contributed by atoms with Crippen molar-refractivity contribution < 1.29 is 33.3 Å². The molecular formula is C26H25Cl2N5O7. The van der Waals surface area contributed by atoms with E-state index in [4.69, 9.17) is 47.4 Å². The van der Waals surface area contributed by atoms with Gasteiger partial charge in [-0.25, -0.2) is 15.0 Å². The van der Waals surface area contributed by atoms with Gasteiger partial charge in [0.1, 0.15) is 11.8 Å². The fourth-order valence-corrected chi connectivity index (χ4v) is 4.25. The molecule has 40 heavy (non-hydrogen) atoms. The summed E-state index contributed by atoms with van der Waals surface area (Å²) in [6, 6.07) is 8.28. The lowest BCUT2D eigenvalue weighted by Gasteiger charge is -2.28. The predicted molar refractivity (Wildman–Crippen MR) is 146 cm³/mol. The standard InChI is InChI=1S/C26H25Cl2N5O7/c1-4-38-25(35)22-14(2)31-26(36)32-23(22)15-5-6-19(20(10-15)37-3)40-13-21(34)33-30-12-16-9-17(27)11-18(28)24(16)39-8-7-29/h5-6,9-12,23H,4,8,13H2,1-3H3,(H,33,34)(H2,31,32,36)/b30-12+/t23-/m0/s1. The van der Waals surface area contributed by atoms with Gasteiger partial charge in [-0.05, 0) is 43.7 Å². The van der Waals surface area contributed by atoms with E-state index in [9.17, 15) is 14.4 Å². The fourth-order valence-electron chi connectivity index (χ4n) is 3.69. The van der Waals surface area contributed by atoms with E-state index in [1.54, 1.807) is 32.0 Å². The molecule has 0 saturated carbocycles. The molecule has 3 amide bonds. The van der Waals surface area contributed by atoms with Crippen LogP contribution in [0.1, 0.15) is 31.0 Å². The summed E-state index contributed by atoms with van der Waals surface area (Å²) in [4.78, 5) is 37.0. The van der Waals surface area contributed by atoms with Crippen LogP contribution in [0.15, 0.2) is 46.7 Å². The molecule has 1 atom stereocenters. The molecule has 1 aliphatic heterocycles. The number of amides is 3. The van der Waals surface area contributed by atoms with Crippen LogP contribution in [-0.4, -0.2) is 51.1 Å². The monoisotopic (exact) mass is 589 g/mol. The average molecular weight is 590 g/mol. The number of nitrogens with zero attached hydrogens (tertiary/aromatic N) is 2. The van der Waals surface area contributed by atoms with E-state index in [0.717, 1.165) is 0 Å². The smallest absolute Gasteiger partial charge is 0.338 e. The fraction of sp³-hybridized carbons (Fsp3) is 0.269. The second-order valence-corrected chi connectivity index (χ2v) is 8.88. The average Bonchev–Trinajstić information content (AvgIpc) is 2.91. The summed E-state index contributed by atoms with van der Waals surface area (Å²) in [6.45, 7) is 2.80. The maximum absolute atomic E-state index is 12.6. The van der Waals surface area contributed by atoms with Gasteiger partial charge in [0.15, 0.2) is 24.7 Å². The van der Waals surface area contributed by atoms with E-state index in [0.29, 0.717) is 21.8 Å². The van der Waals surface area contributed by atoms with Gasteiger partial charge in [-0.1, -0.05) is 29.3 Å². The van der Waals surface area contributed by atoms with Gasteiger partial charge in [-0.15, -0.1) is 0 Å². The Bertz CT molecular complexity index is 1400. The lowest BCUT2D eigenvalue weighted by atomic mass is 9.95. The van der Waals surface area contributed by atoms with E-state index in [2.05, 4.69) is 21.2 Å². The predicted octanol–water partition coefficient (Wildman–Crippen LogP) is 3.62. The van der Waals surface area contributed by atoms with Gasteiger partial charge in [0, 0.05) is 16.3 Å². The number of carbonyl (C=O) groups is 3. The highest BCUT2D eigenvalue weighted by atomic mass is 35.5. The van der Waals surface area contributed by atoms with Crippen molar-refractivity contribution >= 4 is 47.3 Å². The number of hydrogen-bond donors (Lipinski definition) is 3. The number of allylic oxidation sites excluding steroid dienone is 1. The molecule has 1 heterocycles. The van der Waals surface area contributed by atoms with Crippen LogP contribution in [0.25, 0.3) is 0 Å². The van der Waals surface area contributed by atoms with Crippen molar-refractivity contribution in [1.29, 1.82) is 5.26 Å². The maximum Gasteiger partial charge on any atom is 0.338 e. The molecule has 210 valence electrons. The largest absolute Gasteiger partial charge is 0.493 e.